The van der Waals surface area contributed by atoms with E-state index >= 15 is 0 Å². The van der Waals surface area contributed by atoms with E-state index in [4.69, 9.17) is 11.6 Å². The Morgan fingerprint density at radius 2 is 1.88 bits per heavy atom. The summed E-state index contributed by atoms with van der Waals surface area (Å²) < 4.78 is 13.3. The highest BCUT2D eigenvalue weighted by Crippen LogP contribution is 2.21. The predicted molar refractivity (Wildman–Crippen MR) is 69.7 cm³/mol. The van der Waals surface area contributed by atoms with Gasteiger partial charge in [0.05, 0.1) is 5.02 Å². The molecule has 1 N–H and O–H groups in total. The molecule has 0 aromatic heterocycles. The highest BCUT2D eigenvalue weighted by Gasteiger charge is 2.12. The summed E-state index contributed by atoms with van der Waals surface area (Å²) >= 11 is 5.93. The van der Waals surface area contributed by atoms with Crippen LogP contribution in [0.2, 0.25) is 5.02 Å². The van der Waals surface area contributed by atoms with Crippen LogP contribution in [0, 0.1) is 5.82 Å². The van der Waals surface area contributed by atoms with Crippen LogP contribution in [0.15, 0.2) is 18.2 Å². The highest BCUT2D eigenvalue weighted by atomic mass is 35.5. The van der Waals surface area contributed by atoms with Gasteiger partial charge in [-0.25, -0.2) is 4.39 Å². The summed E-state index contributed by atoms with van der Waals surface area (Å²) in [5, 5.41) is 3.75. The Morgan fingerprint density at radius 3 is 2.59 bits per heavy atom. The maximum atomic E-state index is 13.3. The molecule has 3 heteroatoms. The topological polar surface area (TPSA) is 12.0 Å². The minimum absolute atomic E-state index is 0.258. The fourth-order valence-corrected chi connectivity index (χ4v) is 2.62. The molecule has 0 heterocycles. The van der Waals surface area contributed by atoms with Crippen molar-refractivity contribution in [3.05, 3.63) is 34.6 Å². The van der Waals surface area contributed by atoms with Crippen LogP contribution in [0.25, 0.3) is 0 Å². The molecule has 17 heavy (non-hydrogen) atoms. The van der Waals surface area contributed by atoms with Crippen LogP contribution >= 0.6 is 11.6 Å². The molecule has 94 valence electrons. The minimum Gasteiger partial charge on any atom is -0.310 e. The molecule has 1 nitrogen and oxygen atoms in total. The third-order valence-electron chi connectivity index (χ3n) is 3.47. The summed E-state index contributed by atoms with van der Waals surface area (Å²) in [5.41, 5.74) is 0.857. The second-order valence-electron chi connectivity index (χ2n) is 4.78. The Bertz CT molecular complexity index is 359. The van der Waals surface area contributed by atoms with E-state index in [0.717, 1.165) is 5.56 Å². The van der Waals surface area contributed by atoms with E-state index in [1.807, 2.05) is 6.07 Å². The molecule has 0 radical (unpaired) electrons. The van der Waals surface area contributed by atoms with Gasteiger partial charge in [0, 0.05) is 12.6 Å². The minimum atomic E-state index is -0.327. The summed E-state index contributed by atoms with van der Waals surface area (Å²) in [6.07, 6.45) is 7.75. The van der Waals surface area contributed by atoms with Gasteiger partial charge in [-0.1, -0.05) is 49.4 Å². The highest BCUT2D eigenvalue weighted by molar-refractivity contribution is 6.31. The Labute approximate surface area is 107 Å². The smallest absolute Gasteiger partial charge is 0.142 e. The zero-order valence-electron chi connectivity index (χ0n) is 10.0. The van der Waals surface area contributed by atoms with Crippen LogP contribution in [0.3, 0.4) is 0 Å². The van der Waals surface area contributed by atoms with Crippen molar-refractivity contribution < 1.29 is 4.39 Å². The van der Waals surface area contributed by atoms with Crippen LogP contribution in [-0.4, -0.2) is 6.04 Å². The summed E-state index contributed by atoms with van der Waals surface area (Å²) in [5.74, 6) is -0.327. The van der Waals surface area contributed by atoms with E-state index in [0.29, 0.717) is 12.6 Å². The van der Waals surface area contributed by atoms with Crippen molar-refractivity contribution in [1.82, 2.24) is 5.32 Å². The summed E-state index contributed by atoms with van der Waals surface area (Å²) in [7, 11) is 0. The lowest BCUT2D eigenvalue weighted by molar-refractivity contribution is 0.458. The summed E-state index contributed by atoms with van der Waals surface area (Å²) in [4.78, 5) is 0. The van der Waals surface area contributed by atoms with E-state index in [2.05, 4.69) is 5.32 Å². The molecule has 0 bridgehead atoms. The van der Waals surface area contributed by atoms with Crippen LogP contribution in [-0.2, 0) is 6.54 Å². The zero-order valence-corrected chi connectivity index (χ0v) is 10.8. The Balaban J connectivity index is 1.90. The summed E-state index contributed by atoms with van der Waals surface area (Å²) in [6, 6.07) is 5.56. The molecule has 2 rings (SSSR count). The van der Waals surface area contributed by atoms with Gasteiger partial charge in [-0.2, -0.15) is 0 Å². The molecule has 1 aromatic carbocycles. The van der Waals surface area contributed by atoms with E-state index < -0.39 is 0 Å². The molecule has 0 atom stereocenters. The standard InChI is InChI=1S/C14H19ClFN/c15-14-11(6-5-9-13(14)16)10-17-12-7-3-1-2-4-8-12/h5-6,9,12,17H,1-4,7-8,10H2. The zero-order chi connectivity index (χ0) is 12.1. The number of hydrogen-bond acceptors (Lipinski definition) is 1. The van der Waals surface area contributed by atoms with Crippen molar-refractivity contribution in [3.63, 3.8) is 0 Å². The van der Waals surface area contributed by atoms with Gasteiger partial charge >= 0.3 is 0 Å². The van der Waals surface area contributed by atoms with Crippen molar-refractivity contribution in [1.29, 1.82) is 0 Å². The van der Waals surface area contributed by atoms with Gasteiger partial charge in [0.1, 0.15) is 5.82 Å². The van der Waals surface area contributed by atoms with Crippen molar-refractivity contribution >= 4 is 11.6 Å². The fraction of sp³-hybridized carbons (Fsp3) is 0.571. The molecule has 1 aliphatic carbocycles. The largest absolute Gasteiger partial charge is 0.310 e. The quantitative estimate of drug-likeness (QED) is 0.795. The van der Waals surface area contributed by atoms with Crippen LogP contribution < -0.4 is 5.32 Å². The van der Waals surface area contributed by atoms with E-state index in [9.17, 15) is 4.39 Å². The van der Waals surface area contributed by atoms with Gasteiger partial charge in [-0.15, -0.1) is 0 Å². The Kier molecular flexibility index (Phi) is 4.81. The second kappa shape index (κ2) is 6.36. The number of halogens is 2. The molecule has 1 saturated carbocycles. The first kappa shape index (κ1) is 12.8. The van der Waals surface area contributed by atoms with E-state index in [1.54, 1.807) is 6.07 Å². The first-order chi connectivity index (χ1) is 8.27. The summed E-state index contributed by atoms with van der Waals surface area (Å²) in [6.45, 7) is 0.668. The van der Waals surface area contributed by atoms with Crippen LogP contribution in [0.5, 0.6) is 0 Å². The van der Waals surface area contributed by atoms with Crippen molar-refractivity contribution in [2.45, 2.75) is 51.1 Å². The second-order valence-corrected chi connectivity index (χ2v) is 5.16. The van der Waals surface area contributed by atoms with Crippen molar-refractivity contribution in [3.8, 4) is 0 Å². The molecule has 0 saturated heterocycles. The van der Waals surface area contributed by atoms with E-state index in [1.165, 1.54) is 44.6 Å². The fourth-order valence-electron chi connectivity index (χ4n) is 2.42. The third kappa shape index (κ3) is 3.68. The number of rotatable bonds is 3. The number of nitrogens with one attached hydrogen (secondary N) is 1. The van der Waals surface area contributed by atoms with Crippen molar-refractivity contribution in [2.24, 2.45) is 0 Å². The van der Waals surface area contributed by atoms with Gasteiger partial charge < -0.3 is 5.32 Å². The normalized spacial score (nSPS) is 18.0. The molecule has 1 fully saturated rings. The maximum absolute atomic E-state index is 13.3. The number of hydrogen-bond donors (Lipinski definition) is 1. The SMILES string of the molecule is Fc1cccc(CNC2CCCCCC2)c1Cl. The monoisotopic (exact) mass is 255 g/mol. The predicted octanol–water partition coefficient (Wildman–Crippen LogP) is 4.29. The molecule has 0 spiro atoms. The van der Waals surface area contributed by atoms with Gasteiger partial charge in [0.15, 0.2) is 0 Å². The number of benzene rings is 1. The molecule has 1 aliphatic rings. The van der Waals surface area contributed by atoms with Crippen LogP contribution in [0.4, 0.5) is 4.39 Å². The van der Waals surface area contributed by atoms with Gasteiger partial charge in [0.2, 0.25) is 0 Å². The molecular weight excluding hydrogens is 237 g/mol. The Hall–Kier alpha value is -0.600. The van der Waals surface area contributed by atoms with Crippen molar-refractivity contribution in [2.75, 3.05) is 0 Å². The third-order valence-corrected chi connectivity index (χ3v) is 3.89. The van der Waals surface area contributed by atoms with Gasteiger partial charge in [0.25, 0.3) is 0 Å². The first-order valence-electron chi connectivity index (χ1n) is 6.43. The first-order valence-corrected chi connectivity index (χ1v) is 6.81. The van der Waals surface area contributed by atoms with E-state index in [-0.39, 0.29) is 10.8 Å². The molecule has 0 unspecified atom stereocenters. The van der Waals surface area contributed by atoms with Crippen LogP contribution in [0.1, 0.15) is 44.1 Å². The molecule has 0 aliphatic heterocycles. The maximum Gasteiger partial charge on any atom is 0.142 e. The lowest BCUT2D eigenvalue weighted by atomic mass is 10.1. The molecule has 1 aromatic rings. The molecule has 0 amide bonds. The average molecular weight is 256 g/mol. The lowest BCUT2D eigenvalue weighted by Gasteiger charge is -2.16. The van der Waals surface area contributed by atoms with Gasteiger partial charge in [-0.3, -0.25) is 0 Å². The molecular formula is C14H19ClFN. The Morgan fingerprint density at radius 1 is 1.18 bits per heavy atom. The lowest BCUT2D eigenvalue weighted by Crippen LogP contribution is -2.28. The average Bonchev–Trinajstić information content (AvgIpc) is 2.59. The van der Waals surface area contributed by atoms with Gasteiger partial charge in [-0.05, 0) is 24.5 Å².